The van der Waals surface area contributed by atoms with Crippen LogP contribution in [0.5, 0.6) is 0 Å². The van der Waals surface area contributed by atoms with Gasteiger partial charge < -0.3 is 4.90 Å². The number of carbonyl (C=O) groups is 1. The molecule has 144 valence electrons. The van der Waals surface area contributed by atoms with E-state index in [0.29, 0.717) is 6.54 Å². The van der Waals surface area contributed by atoms with E-state index < -0.39 is 10.0 Å². The molecule has 0 bridgehead atoms. The Hall–Kier alpha value is -2.18. The van der Waals surface area contributed by atoms with Crippen LogP contribution in [-0.2, 0) is 14.8 Å². The lowest BCUT2D eigenvalue weighted by molar-refractivity contribution is -0.132. The molecule has 0 radical (unpaired) electrons. The third kappa shape index (κ3) is 4.06. The van der Waals surface area contributed by atoms with Gasteiger partial charge in [-0.15, -0.1) is 0 Å². The Morgan fingerprint density at radius 2 is 1.81 bits per heavy atom. The molecule has 1 aliphatic rings. The van der Waals surface area contributed by atoms with Crippen LogP contribution < -0.4 is 0 Å². The molecular formula is C21H26N2O3S. The molecule has 3 rings (SSSR count). The monoisotopic (exact) mass is 386 g/mol. The highest BCUT2D eigenvalue weighted by atomic mass is 32.2. The van der Waals surface area contributed by atoms with Crippen molar-refractivity contribution in [1.82, 2.24) is 9.21 Å². The van der Waals surface area contributed by atoms with Crippen molar-refractivity contribution in [3.05, 3.63) is 65.2 Å². The first-order valence-electron chi connectivity index (χ1n) is 9.18. The molecule has 1 atom stereocenters. The van der Waals surface area contributed by atoms with Crippen molar-refractivity contribution in [3.8, 4) is 0 Å². The fraction of sp³-hybridized carbons (Fsp3) is 0.381. The number of likely N-dealkylation sites (tertiary alicyclic amines) is 1. The summed E-state index contributed by atoms with van der Waals surface area (Å²) in [6.07, 6.45) is 1.84. The van der Waals surface area contributed by atoms with Gasteiger partial charge in [-0.25, -0.2) is 8.42 Å². The molecule has 2 aromatic rings. The fourth-order valence-corrected chi connectivity index (χ4v) is 4.71. The Morgan fingerprint density at radius 1 is 1.11 bits per heavy atom. The maximum atomic E-state index is 12.9. The summed E-state index contributed by atoms with van der Waals surface area (Å²) in [5, 5.41) is 0. The molecule has 1 heterocycles. The van der Waals surface area contributed by atoms with Crippen molar-refractivity contribution in [3.63, 3.8) is 0 Å². The largest absolute Gasteiger partial charge is 0.335 e. The third-order valence-corrected chi connectivity index (χ3v) is 7.10. The second kappa shape index (κ2) is 7.82. The van der Waals surface area contributed by atoms with E-state index in [4.69, 9.17) is 0 Å². The van der Waals surface area contributed by atoms with Crippen LogP contribution in [-0.4, -0.2) is 43.7 Å². The van der Waals surface area contributed by atoms with Gasteiger partial charge in [0, 0.05) is 13.6 Å². The zero-order valence-corrected chi connectivity index (χ0v) is 16.9. The van der Waals surface area contributed by atoms with Crippen LogP contribution in [0.25, 0.3) is 0 Å². The number of nitrogens with zero attached hydrogens (tertiary/aromatic N) is 2. The van der Waals surface area contributed by atoms with Crippen molar-refractivity contribution in [2.75, 3.05) is 20.1 Å². The van der Waals surface area contributed by atoms with Crippen LogP contribution in [0.3, 0.4) is 0 Å². The number of likely N-dealkylation sites (N-methyl/N-ethyl adjacent to an activating group) is 1. The Labute approximate surface area is 161 Å². The van der Waals surface area contributed by atoms with E-state index in [0.717, 1.165) is 33.8 Å². The van der Waals surface area contributed by atoms with Crippen LogP contribution in [0, 0.1) is 13.8 Å². The van der Waals surface area contributed by atoms with E-state index >= 15 is 0 Å². The minimum absolute atomic E-state index is 0.0245. The second-order valence-electron chi connectivity index (χ2n) is 7.16. The Kier molecular flexibility index (Phi) is 5.67. The molecular weight excluding hydrogens is 360 g/mol. The number of hydrogen-bond donors (Lipinski definition) is 0. The minimum atomic E-state index is -3.70. The molecule has 1 fully saturated rings. The summed E-state index contributed by atoms with van der Waals surface area (Å²) < 4.78 is 26.9. The van der Waals surface area contributed by atoms with Crippen LogP contribution in [0.15, 0.2) is 53.4 Å². The molecule has 0 saturated carbocycles. The Balaban J connectivity index is 1.75. The molecule has 0 N–H and O–H groups in total. The number of benzene rings is 2. The van der Waals surface area contributed by atoms with Gasteiger partial charge in [-0.05, 0) is 55.5 Å². The van der Waals surface area contributed by atoms with Gasteiger partial charge in [-0.1, -0.05) is 36.4 Å². The number of carbonyl (C=O) groups excluding carboxylic acids is 1. The summed E-state index contributed by atoms with van der Waals surface area (Å²) in [6, 6.07) is 15.0. The SMILES string of the molecule is Cc1ccc(S(=O)(=O)N(C)CC(=O)N2CCCC2c2ccccc2)cc1C. The van der Waals surface area contributed by atoms with Gasteiger partial charge in [0.2, 0.25) is 15.9 Å². The predicted octanol–water partition coefficient (Wildman–Crippen LogP) is 3.29. The van der Waals surface area contributed by atoms with Crippen molar-refractivity contribution in [1.29, 1.82) is 0 Å². The normalized spacial score (nSPS) is 17.5. The van der Waals surface area contributed by atoms with Crippen LogP contribution >= 0.6 is 0 Å². The highest BCUT2D eigenvalue weighted by Crippen LogP contribution is 2.32. The standard InChI is InChI=1S/C21H26N2O3S/c1-16-11-12-19(14-17(16)2)27(25,26)22(3)15-21(24)23-13-7-10-20(23)18-8-5-4-6-9-18/h4-6,8-9,11-12,14,20H,7,10,13,15H2,1-3H3. The van der Waals surface area contributed by atoms with E-state index in [1.807, 2.05) is 49.1 Å². The first kappa shape index (κ1) is 19.6. The zero-order valence-electron chi connectivity index (χ0n) is 16.1. The summed E-state index contributed by atoms with van der Waals surface area (Å²) in [5.74, 6) is -0.156. The average Bonchev–Trinajstić information content (AvgIpc) is 3.14. The molecule has 1 amide bonds. The van der Waals surface area contributed by atoms with Crippen molar-refractivity contribution in [2.45, 2.75) is 37.6 Å². The smallest absolute Gasteiger partial charge is 0.243 e. The van der Waals surface area contributed by atoms with Gasteiger partial charge in [0.25, 0.3) is 0 Å². The van der Waals surface area contributed by atoms with Gasteiger partial charge >= 0.3 is 0 Å². The van der Waals surface area contributed by atoms with Gasteiger partial charge in [0.1, 0.15) is 0 Å². The molecule has 5 nitrogen and oxygen atoms in total. The highest BCUT2D eigenvalue weighted by Gasteiger charge is 2.32. The van der Waals surface area contributed by atoms with Crippen molar-refractivity contribution in [2.24, 2.45) is 0 Å². The summed E-state index contributed by atoms with van der Waals surface area (Å²) in [7, 11) is -2.23. The van der Waals surface area contributed by atoms with Crippen molar-refractivity contribution < 1.29 is 13.2 Å². The summed E-state index contributed by atoms with van der Waals surface area (Å²) in [6.45, 7) is 4.33. The van der Waals surface area contributed by atoms with E-state index in [1.54, 1.807) is 18.2 Å². The van der Waals surface area contributed by atoms with E-state index in [1.165, 1.54) is 7.05 Å². The quantitative estimate of drug-likeness (QED) is 0.792. The van der Waals surface area contributed by atoms with Crippen LogP contribution in [0.2, 0.25) is 0 Å². The molecule has 6 heteroatoms. The molecule has 27 heavy (non-hydrogen) atoms. The number of sulfonamides is 1. The summed E-state index contributed by atoms with van der Waals surface area (Å²) in [4.78, 5) is 14.9. The molecule has 2 aromatic carbocycles. The maximum Gasteiger partial charge on any atom is 0.243 e. The lowest BCUT2D eigenvalue weighted by Crippen LogP contribution is -2.40. The number of aryl methyl sites for hydroxylation is 2. The molecule has 0 aliphatic carbocycles. The predicted molar refractivity (Wildman–Crippen MR) is 106 cm³/mol. The lowest BCUT2D eigenvalue weighted by Gasteiger charge is -2.27. The Morgan fingerprint density at radius 3 is 2.48 bits per heavy atom. The van der Waals surface area contributed by atoms with E-state index in [-0.39, 0.29) is 23.4 Å². The average molecular weight is 387 g/mol. The van der Waals surface area contributed by atoms with E-state index in [9.17, 15) is 13.2 Å². The first-order valence-corrected chi connectivity index (χ1v) is 10.6. The second-order valence-corrected chi connectivity index (χ2v) is 9.21. The minimum Gasteiger partial charge on any atom is -0.335 e. The molecule has 1 unspecified atom stereocenters. The number of amides is 1. The number of hydrogen-bond acceptors (Lipinski definition) is 3. The van der Waals surface area contributed by atoms with Gasteiger partial charge in [0.15, 0.2) is 0 Å². The third-order valence-electron chi connectivity index (χ3n) is 5.30. The van der Waals surface area contributed by atoms with Gasteiger partial charge in [0.05, 0.1) is 17.5 Å². The maximum absolute atomic E-state index is 12.9. The van der Waals surface area contributed by atoms with Gasteiger partial charge in [-0.3, -0.25) is 4.79 Å². The van der Waals surface area contributed by atoms with E-state index in [2.05, 4.69) is 0 Å². The topological polar surface area (TPSA) is 57.7 Å². The van der Waals surface area contributed by atoms with Crippen LogP contribution in [0.4, 0.5) is 0 Å². The molecule has 1 aliphatic heterocycles. The Bertz CT molecular complexity index is 926. The summed E-state index contributed by atoms with van der Waals surface area (Å²) in [5.41, 5.74) is 3.05. The van der Waals surface area contributed by atoms with Crippen molar-refractivity contribution >= 4 is 15.9 Å². The molecule has 0 spiro atoms. The molecule has 1 saturated heterocycles. The highest BCUT2D eigenvalue weighted by molar-refractivity contribution is 7.89. The number of rotatable bonds is 5. The summed E-state index contributed by atoms with van der Waals surface area (Å²) >= 11 is 0. The first-order chi connectivity index (χ1) is 12.8. The zero-order chi connectivity index (χ0) is 19.6. The lowest BCUT2D eigenvalue weighted by atomic mass is 10.0. The fourth-order valence-electron chi connectivity index (χ4n) is 3.51. The van der Waals surface area contributed by atoms with Gasteiger partial charge in [-0.2, -0.15) is 4.31 Å². The molecule has 0 aromatic heterocycles. The van der Waals surface area contributed by atoms with Crippen LogP contribution in [0.1, 0.15) is 35.6 Å².